The van der Waals surface area contributed by atoms with E-state index in [-0.39, 0.29) is 11.6 Å². The minimum atomic E-state index is -0.418. The molecule has 6 heteroatoms. The van der Waals surface area contributed by atoms with Crippen LogP contribution in [0.3, 0.4) is 0 Å². The predicted molar refractivity (Wildman–Crippen MR) is 93.5 cm³/mol. The van der Waals surface area contributed by atoms with Gasteiger partial charge in [0.1, 0.15) is 5.56 Å². The van der Waals surface area contributed by atoms with Crippen LogP contribution < -0.4 is 10.9 Å². The molecule has 0 spiro atoms. The third-order valence-corrected chi connectivity index (χ3v) is 4.96. The summed E-state index contributed by atoms with van der Waals surface area (Å²) in [7, 11) is 0. The van der Waals surface area contributed by atoms with Crippen molar-refractivity contribution < 1.29 is 4.79 Å². The summed E-state index contributed by atoms with van der Waals surface area (Å²) in [6.07, 6.45) is 2.09. The van der Waals surface area contributed by atoms with Crippen LogP contribution in [0.15, 0.2) is 23.0 Å². The van der Waals surface area contributed by atoms with E-state index < -0.39 is 11.5 Å². The van der Waals surface area contributed by atoms with Gasteiger partial charge < -0.3 is 10.3 Å². The number of carbonyl (C=O) groups excluding carboxylic acids is 1. The number of H-pyrrole nitrogens is 1. The molecule has 1 unspecified atom stereocenters. The van der Waals surface area contributed by atoms with Gasteiger partial charge in [-0.3, -0.25) is 14.6 Å². The van der Waals surface area contributed by atoms with Crippen LogP contribution in [-0.4, -0.2) is 15.9 Å². The highest BCUT2D eigenvalue weighted by Gasteiger charge is 2.35. The number of nitrogens with one attached hydrogen (secondary N) is 2. The van der Waals surface area contributed by atoms with E-state index in [1.165, 1.54) is 0 Å². The number of pyridine rings is 2. The number of halogens is 1. The lowest BCUT2D eigenvalue weighted by Crippen LogP contribution is -2.35. The Bertz CT molecular complexity index is 856. The second kappa shape index (κ2) is 6.40. The number of rotatable bonds is 4. The van der Waals surface area contributed by atoms with Crippen molar-refractivity contribution in [3.8, 4) is 0 Å². The first-order valence-electron chi connectivity index (χ1n) is 8.02. The minimum absolute atomic E-state index is 0.0731. The van der Waals surface area contributed by atoms with Crippen molar-refractivity contribution in [3.05, 3.63) is 61.8 Å². The Labute approximate surface area is 145 Å². The Kier molecular flexibility index (Phi) is 4.45. The Balaban J connectivity index is 1.93. The molecule has 0 aliphatic heterocycles. The summed E-state index contributed by atoms with van der Waals surface area (Å²) in [6, 6.07) is 5.58. The number of aromatic amines is 1. The van der Waals surface area contributed by atoms with E-state index in [9.17, 15) is 9.59 Å². The molecule has 1 amide bonds. The van der Waals surface area contributed by atoms with Gasteiger partial charge in [0.25, 0.3) is 11.5 Å². The average molecular weight is 346 g/mol. The summed E-state index contributed by atoms with van der Waals surface area (Å²) < 4.78 is 0. The quantitative estimate of drug-likeness (QED) is 0.893. The third-order valence-electron chi connectivity index (χ3n) is 4.40. The molecule has 1 atom stereocenters. The van der Waals surface area contributed by atoms with Gasteiger partial charge in [-0.15, -0.1) is 0 Å². The van der Waals surface area contributed by atoms with Crippen molar-refractivity contribution in [2.45, 2.75) is 39.7 Å². The fourth-order valence-corrected chi connectivity index (χ4v) is 3.08. The molecule has 24 heavy (non-hydrogen) atoms. The molecule has 2 N–H and O–H groups in total. The highest BCUT2D eigenvalue weighted by atomic mass is 35.5. The van der Waals surface area contributed by atoms with Crippen LogP contribution in [0.5, 0.6) is 0 Å². The molecule has 0 radical (unpaired) electrons. The number of carbonyl (C=O) groups is 1. The number of aryl methyl sites for hydroxylation is 2. The number of nitrogens with zero attached hydrogens (tertiary/aromatic N) is 1. The van der Waals surface area contributed by atoms with Crippen LogP contribution in [0.1, 0.15) is 51.9 Å². The van der Waals surface area contributed by atoms with E-state index in [2.05, 4.69) is 15.3 Å². The predicted octanol–water partition coefficient (Wildman–Crippen LogP) is 3.23. The van der Waals surface area contributed by atoms with E-state index in [1.807, 2.05) is 25.1 Å². The van der Waals surface area contributed by atoms with E-state index in [4.69, 9.17) is 11.6 Å². The van der Waals surface area contributed by atoms with Gasteiger partial charge in [-0.1, -0.05) is 17.7 Å². The van der Waals surface area contributed by atoms with Crippen LogP contribution in [-0.2, 0) is 0 Å². The largest absolute Gasteiger partial charge is 0.343 e. The van der Waals surface area contributed by atoms with Gasteiger partial charge in [0.05, 0.1) is 16.8 Å². The Morgan fingerprint density at radius 3 is 2.67 bits per heavy atom. The molecule has 1 fully saturated rings. The molecule has 5 nitrogen and oxygen atoms in total. The van der Waals surface area contributed by atoms with Crippen LogP contribution in [0.25, 0.3) is 0 Å². The number of aromatic nitrogens is 2. The lowest BCUT2D eigenvalue weighted by molar-refractivity contribution is 0.0928. The summed E-state index contributed by atoms with van der Waals surface area (Å²) in [5.41, 5.74) is 2.46. The van der Waals surface area contributed by atoms with Gasteiger partial charge in [0, 0.05) is 11.4 Å². The monoisotopic (exact) mass is 345 g/mol. The van der Waals surface area contributed by atoms with Gasteiger partial charge in [-0.05, 0) is 57.2 Å². The number of hydrogen-bond donors (Lipinski definition) is 2. The minimum Gasteiger partial charge on any atom is -0.343 e. The normalized spacial score (nSPS) is 15.2. The molecule has 2 heterocycles. The van der Waals surface area contributed by atoms with Gasteiger partial charge >= 0.3 is 0 Å². The molecule has 0 bridgehead atoms. The Morgan fingerprint density at radius 1 is 1.33 bits per heavy atom. The first-order valence-corrected chi connectivity index (χ1v) is 8.39. The molecular formula is C18H20ClN3O2. The smallest absolute Gasteiger partial charge is 0.261 e. The zero-order chi connectivity index (χ0) is 17.4. The second-order valence-corrected chi connectivity index (χ2v) is 6.76. The van der Waals surface area contributed by atoms with E-state index in [0.29, 0.717) is 22.2 Å². The molecule has 2 aromatic rings. The van der Waals surface area contributed by atoms with Crippen LogP contribution in [0, 0.1) is 26.7 Å². The topological polar surface area (TPSA) is 74.8 Å². The van der Waals surface area contributed by atoms with Crippen LogP contribution >= 0.6 is 11.6 Å². The molecular weight excluding hydrogens is 326 g/mol. The molecule has 0 saturated heterocycles. The molecule has 0 aromatic carbocycles. The lowest BCUT2D eigenvalue weighted by Gasteiger charge is -2.19. The SMILES string of the molecule is Cc1cccc(C(NC(=O)c2c(C)c(Cl)c(C)[nH]c2=O)C2CC2)n1. The van der Waals surface area contributed by atoms with E-state index in [0.717, 1.165) is 24.2 Å². The van der Waals surface area contributed by atoms with Crippen molar-refractivity contribution in [3.63, 3.8) is 0 Å². The molecule has 1 aliphatic rings. The zero-order valence-electron chi connectivity index (χ0n) is 13.9. The van der Waals surface area contributed by atoms with Crippen molar-refractivity contribution in [2.24, 2.45) is 5.92 Å². The van der Waals surface area contributed by atoms with Gasteiger partial charge in [0.2, 0.25) is 0 Å². The first-order chi connectivity index (χ1) is 11.4. The van der Waals surface area contributed by atoms with Crippen molar-refractivity contribution in [2.75, 3.05) is 0 Å². The fourth-order valence-electron chi connectivity index (χ4n) is 2.94. The molecule has 2 aromatic heterocycles. The Morgan fingerprint density at radius 2 is 2.04 bits per heavy atom. The van der Waals surface area contributed by atoms with Gasteiger partial charge in [-0.25, -0.2) is 0 Å². The molecule has 126 valence electrons. The Hall–Kier alpha value is -2.14. The fraction of sp³-hybridized carbons (Fsp3) is 0.389. The maximum atomic E-state index is 12.7. The lowest BCUT2D eigenvalue weighted by atomic mass is 10.1. The second-order valence-electron chi connectivity index (χ2n) is 6.39. The zero-order valence-corrected chi connectivity index (χ0v) is 14.7. The molecule has 1 saturated carbocycles. The molecule has 3 rings (SSSR count). The maximum Gasteiger partial charge on any atom is 0.261 e. The highest BCUT2D eigenvalue weighted by molar-refractivity contribution is 6.32. The van der Waals surface area contributed by atoms with Crippen molar-refractivity contribution in [1.29, 1.82) is 0 Å². The summed E-state index contributed by atoms with van der Waals surface area (Å²) in [4.78, 5) is 32.1. The highest BCUT2D eigenvalue weighted by Crippen LogP contribution is 2.40. The van der Waals surface area contributed by atoms with Gasteiger partial charge in [-0.2, -0.15) is 0 Å². The van der Waals surface area contributed by atoms with Crippen molar-refractivity contribution >= 4 is 17.5 Å². The van der Waals surface area contributed by atoms with Crippen LogP contribution in [0.2, 0.25) is 5.02 Å². The third kappa shape index (κ3) is 3.22. The number of hydrogen-bond acceptors (Lipinski definition) is 3. The van der Waals surface area contributed by atoms with E-state index >= 15 is 0 Å². The van der Waals surface area contributed by atoms with E-state index in [1.54, 1.807) is 13.8 Å². The summed E-state index contributed by atoms with van der Waals surface area (Å²) >= 11 is 6.19. The summed E-state index contributed by atoms with van der Waals surface area (Å²) in [5, 5.41) is 3.40. The standard InChI is InChI=1S/C18H20ClN3O2/c1-9-5-4-6-13(20-9)16(12-7-8-12)22-18(24)14-10(2)15(19)11(3)21-17(14)23/h4-6,12,16H,7-8H2,1-3H3,(H,21,23)(H,22,24). The first kappa shape index (κ1) is 16.7. The van der Waals surface area contributed by atoms with Gasteiger partial charge in [0.15, 0.2) is 0 Å². The number of amides is 1. The average Bonchev–Trinajstić information content (AvgIpc) is 3.35. The molecule has 1 aliphatic carbocycles. The maximum absolute atomic E-state index is 12.7. The summed E-state index contributed by atoms with van der Waals surface area (Å²) in [5.74, 6) is -0.0422. The summed E-state index contributed by atoms with van der Waals surface area (Å²) in [6.45, 7) is 5.32. The van der Waals surface area contributed by atoms with Crippen molar-refractivity contribution in [1.82, 2.24) is 15.3 Å². The van der Waals surface area contributed by atoms with Crippen LogP contribution in [0.4, 0.5) is 0 Å².